The highest BCUT2D eigenvalue weighted by molar-refractivity contribution is 6.33. The van der Waals surface area contributed by atoms with Crippen molar-refractivity contribution in [3.63, 3.8) is 0 Å². The molecular formula is C23H22ClFNO2. The minimum absolute atomic E-state index is 0.182. The van der Waals surface area contributed by atoms with Crippen molar-refractivity contribution in [1.82, 2.24) is 4.90 Å². The topological polar surface area (TPSA) is 25.6 Å². The van der Waals surface area contributed by atoms with Crippen LogP contribution in [0, 0.1) is 12.1 Å². The fraction of sp³-hybridized carbons (Fsp3) is 0.391. The number of hydrogen-bond acceptors (Lipinski definition) is 3. The quantitative estimate of drug-likeness (QED) is 0.532. The highest BCUT2D eigenvalue weighted by Crippen LogP contribution is 2.38. The van der Waals surface area contributed by atoms with Gasteiger partial charge in [-0.2, -0.15) is 0 Å². The predicted octanol–water partition coefficient (Wildman–Crippen LogP) is 6.09. The summed E-state index contributed by atoms with van der Waals surface area (Å²) in [5.74, 6) is 0.387. The van der Waals surface area contributed by atoms with Crippen LogP contribution in [-0.4, -0.2) is 30.1 Å². The average Bonchev–Trinajstić information content (AvgIpc) is 3.05. The van der Waals surface area contributed by atoms with Crippen LogP contribution in [0.3, 0.4) is 0 Å². The molecule has 28 heavy (non-hydrogen) atoms. The predicted molar refractivity (Wildman–Crippen MR) is 108 cm³/mol. The number of rotatable bonds is 4. The third-order valence-electron chi connectivity index (χ3n) is 6.06. The van der Waals surface area contributed by atoms with E-state index in [1.165, 1.54) is 31.4 Å². The van der Waals surface area contributed by atoms with Crippen LogP contribution in [0.1, 0.15) is 32.1 Å². The van der Waals surface area contributed by atoms with Gasteiger partial charge in [0, 0.05) is 36.1 Å². The third kappa shape index (κ3) is 3.40. The average molecular weight is 399 g/mol. The standard InChI is InChI=1S/C23H22ClFNO2/c24-21-12-19-20(15-4-6-16(25)7-5-15)14-27-22(19)13-23(21)28-18-8-10-26(11-9-18)17-2-1-3-17/h4-7,12-13,17-18H,1-3,8-11H2. The van der Waals surface area contributed by atoms with E-state index in [0.717, 1.165) is 48.5 Å². The van der Waals surface area contributed by atoms with Crippen LogP contribution in [0.5, 0.6) is 5.75 Å². The normalized spacial score (nSPS) is 19.1. The zero-order valence-corrected chi connectivity index (χ0v) is 16.3. The van der Waals surface area contributed by atoms with Gasteiger partial charge in [0.2, 0.25) is 0 Å². The molecule has 1 radical (unpaired) electrons. The van der Waals surface area contributed by atoms with Gasteiger partial charge in [0.1, 0.15) is 23.3 Å². The van der Waals surface area contributed by atoms with E-state index < -0.39 is 0 Å². The number of piperidine rings is 1. The summed E-state index contributed by atoms with van der Waals surface area (Å²) in [6.07, 6.45) is 9.22. The van der Waals surface area contributed by atoms with Gasteiger partial charge in [0.05, 0.1) is 5.02 Å². The molecule has 1 aliphatic carbocycles. The van der Waals surface area contributed by atoms with Gasteiger partial charge in [-0.05, 0) is 49.4 Å². The number of benzene rings is 2. The fourth-order valence-corrected chi connectivity index (χ4v) is 4.40. The Kier molecular flexibility index (Phi) is 4.77. The molecule has 2 aliphatic rings. The molecule has 2 aromatic carbocycles. The van der Waals surface area contributed by atoms with E-state index in [4.69, 9.17) is 20.8 Å². The smallest absolute Gasteiger partial charge is 0.179 e. The summed E-state index contributed by atoms with van der Waals surface area (Å²) in [6.45, 7) is 2.19. The first-order chi connectivity index (χ1) is 13.7. The number of nitrogens with zero attached hydrogens (tertiary/aromatic N) is 1. The van der Waals surface area contributed by atoms with E-state index >= 15 is 0 Å². The molecule has 0 N–H and O–H groups in total. The molecule has 1 aromatic heterocycles. The number of hydrogen-bond donors (Lipinski definition) is 0. The molecule has 2 fully saturated rings. The second kappa shape index (κ2) is 7.41. The van der Waals surface area contributed by atoms with Gasteiger partial charge in [0.15, 0.2) is 6.26 Å². The van der Waals surface area contributed by atoms with Crippen LogP contribution >= 0.6 is 11.6 Å². The van der Waals surface area contributed by atoms with Crippen molar-refractivity contribution in [3.8, 4) is 16.9 Å². The van der Waals surface area contributed by atoms with E-state index in [9.17, 15) is 4.39 Å². The second-order valence-corrected chi connectivity index (χ2v) is 8.21. The molecule has 0 bridgehead atoms. The van der Waals surface area contributed by atoms with Crippen molar-refractivity contribution in [2.24, 2.45) is 0 Å². The van der Waals surface area contributed by atoms with E-state index in [1.807, 2.05) is 12.1 Å². The molecule has 1 saturated carbocycles. The van der Waals surface area contributed by atoms with Gasteiger partial charge < -0.3 is 14.1 Å². The zero-order valence-electron chi connectivity index (χ0n) is 15.6. The largest absolute Gasteiger partial charge is 0.489 e. The molecule has 1 saturated heterocycles. The van der Waals surface area contributed by atoms with Gasteiger partial charge >= 0.3 is 0 Å². The summed E-state index contributed by atoms with van der Waals surface area (Å²) in [5.41, 5.74) is 2.29. The molecule has 5 rings (SSSR count). The lowest BCUT2D eigenvalue weighted by atomic mass is 9.90. The van der Waals surface area contributed by atoms with Gasteiger partial charge in [0.25, 0.3) is 0 Å². The summed E-state index contributed by atoms with van der Waals surface area (Å²) in [5, 5.41) is 1.41. The summed E-state index contributed by atoms with van der Waals surface area (Å²) in [7, 11) is 0. The summed E-state index contributed by atoms with van der Waals surface area (Å²) in [4.78, 5) is 2.60. The molecule has 0 spiro atoms. The minimum Gasteiger partial charge on any atom is -0.489 e. The molecule has 2 heterocycles. The first-order valence-corrected chi connectivity index (χ1v) is 10.4. The maximum absolute atomic E-state index is 13.2. The van der Waals surface area contributed by atoms with Crippen molar-refractivity contribution >= 4 is 22.6 Å². The SMILES string of the molecule is Fc1ccc(-c2[c]oc3cc(OC4CCN(C5CCC5)CC4)c(Cl)cc23)cc1. The molecule has 0 unspecified atom stereocenters. The molecule has 3 aromatic rings. The Morgan fingerprint density at radius 1 is 1.07 bits per heavy atom. The third-order valence-corrected chi connectivity index (χ3v) is 6.36. The minimum atomic E-state index is -0.270. The Bertz CT molecular complexity index is 972. The highest BCUT2D eigenvalue weighted by Gasteiger charge is 2.29. The van der Waals surface area contributed by atoms with Crippen LogP contribution in [0.4, 0.5) is 4.39 Å². The van der Waals surface area contributed by atoms with Crippen LogP contribution in [0.15, 0.2) is 40.8 Å². The Morgan fingerprint density at radius 3 is 2.50 bits per heavy atom. The molecule has 0 amide bonds. The van der Waals surface area contributed by atoms with Crippen molar-refractivity contribution < 1.29 is 13.5 Å². The van der Waals surface area contributed by atoms with Gasteiger partial charge in [-0.25, -0.2) is 4.39 Å². The monoisotopic (exact) mass is 398 g/mol. The Morgan fingerprint density at radius 2 is 1.82 bits per heavy atom. The van der Waals surface area contributed by atoms with Crippen molar-refractivity contribution in [2.75, 3.05) is 13.1 Å². The first kappa shape index (κ1) is 18.0. The van der Waals surface area contributed by atoms with E-state index in [-0.39, 0.29) is 11.9 Å². The first-order valence-electron chi connectivity index (χ1n) is 9.98. The van der Waals surface area contributed by atoms with Gasteiger partial charge in [-0.3, -0.25) is 0 Å². The lowest BCUT2D eigenvalue weighted by Crippen LogP contribution is -2.46. The Balaban J connectivity index is 1.33. The maximum atomic E-state index is 13.2. The number of furan rings is 1. The second-order valence-electron chi connectivity index (χ2n) is 7.80. The lowest BCUT2D eigenvalue weighted by Gasteiger charge is -2.41. The highest BCUT2D eigenvalue weighted by atomic mass is 35.5. The van der Waals surface area contributed by atoms with Crippen LogP contribution in [0.25, 0.3) is 22.1 Å². The molecule has 145 valence electrons. The number of likely N-dealkylation sites (tertiary alicyclic amines) is 1. The van der Waals surface area contributed by atoms with E-state index in [2.05, 4.69) is 11.2 Å². The molecule has 5 heteroatoms. The van der Waals surface area contributed by atoms with Crippen molar-refractivity contribution in [3.05, 3.63) is 53.5 Å². The zero-order chi connectivity index (χ0) is 19.1. The summed E-state index contributed by atoms with van der Waals surface area (Å²) in [6, 6.07) is 10.8. The molecule has 1 aliphatic heterocycles. The summed E-state index contributed by atoms with van der Waals surface area (Å²) < 4.78 is 25.0. The van der Waals surface area contributed by atoms with Crippen molar-refractivity contribution in [2.45, 2.75) is 44.2 Å². The van der Waals surface area contributed by atoms with Crippen LogP contribution in [-0.2, 0) is 0 Å². The van der Waals surface area contributed by atoms with Gasteiger partial charge in [-0.1, -0.05) is 30.2 Å². The number of fused-ring (bicyclic) bond motifs is 1. The molecule has 0 atom stereocenters. The molecule has 3 nitrogen and oxygen atoms in total. The van der Waals surface area contributed by atoms with E-state index in [0.29, 0.717) is 16.4 Å². The number of ether oxygens (including phenoxy) is 1. The Labute approximate surface area is 169 Å². The fourth-order valence-electron chi connectivity index (χ4n) is 4.19. The van der Waals surface area contributed by atoms with Crippen LogP contribution in [0.2, 0.25) is 5.02 Å². The van der Waals surface area contributed by atoms with Crippen LogP contribution < -0.4 is 4.74 Å². The van der Waals surface area contributed by atoms with E-state index in [1.54, 1.807) is 12.1 Å². The Hall–Kier alpha value is -2.04. The molecular weight excluding hydrogens is 377 g/mol. The summed E-state index contributed by atoms with van der Waals surface area (Å²) >= 11 is 6.52. The maximum Gasteiger partial charge on any atom is 0.179 e. The number of halogens is 2. The van der Waals surface area contributed by atoms with Crippen molar-refractivity contribution in [1.29, 1.82) is 0 Å². The van der Waals surface area contributed by atoms with Gasteiger partial charge in [-0.15, -0.1) is 0 Å². The lowest BCUT2D eigenvalue weighted by molar-refractivity contribution is 0.0494.